The second kappa shape index (κ2) is 9.37. The molecule has 2 heterocycles. The summed E-state index contributed by atoms with van der Waals surface area (Å²) in [5.74, 6) is -0.0661. The van der Waals surface area contributed by atoms with E-state index in [4.69, 9.17) is 0 Å². The normalized spacial score (nSPS) is 18.0. The van der Waals surface area contributed by atoms with Gasteiger partial charge in [-0.3, -0.25) is 4.79 Å². The summed E-state index contributed by atoms with van der Waals surface area (Å²) in [5.41, 5.74) is 9.64. The van der Waals surface area contributed by atoms with Crippen LogP contribution in [0.25, 0.3) is 0 Å². The van der Waals surface area contributed by atoms with E-state index in [2.05, 4.69) is 30.9 Å². The van der Waals surface area contributed by atoms with Crippen LogP contribution in [-0.2, 0) is 14.8 Å². The molecule has 1 fully saturated rings. The molecule has 0 saturated carbocycles. The van der Waals surface area contributed by atoms with Gasteiger partial charge in [-0.05, 0) is 68.7 Å². The van der Waals surface area contributed by atoms with Crippen molar-refractivity contribution in [3.05, 3.63) is 71.0 Å². The number of aromatic hydroxyl groups is 1. The van der Waals surface area contributed by atoms with Gasteiger partial charge in [0.1, 0.15) is 11.8 Å². The lowest BCUT2D eigenvalue weighted by Crippen LogP contribution is -2.39. The van der Waals surface area contributed by atoms with E-state index in [0.717, 1.165) is 16.7 Å². The van der Waals surface area contributed by atoms with E-state index in [0.29, 0.717) is 17.8 Å². The molecule has 11 heteroatoms. The van der Waals surface area contributed by atoms with Gasteiger partial charge in [0.05, 0.1) is 10.9 Å². The molecule has 1 aromatic heterocycles. The van der Waals surface area contributed by atoms with Gasteiger partial charge in [-0.15, -0.1) is 0 Å². The average molecular weight is 483 g/mol. The molecule has 0 radical (unpaired) electrons. The van der Waals surface area contributed by atoms with Gasteiger partial charge in [0.2, 0.25) is 11.9 Å². The summed E-state index contributed by atoms with van der Waals surface area (Å²) in [7, 11) is -3.87. The number of aromatic nitrogens is 2. The van der Waals surface area contributed by atoms with Gasteiger partial charge >= 0.3 is 0 Å². The summed E-state index contributed by atoms with van der Waals surface area (Å²) >= 11 is 0. The number of carbonyl (C=O) groups excluding carboxylic acids is 1. The lowest BCUT2D eigenvalue weighted by Gasteiger charge is -2.15. The molecule has 0 aliphatic carbocycles. The first-order valence-corrected chi connectivity index (χ1v) is 12.2. The van der Waals surface area contributed by atoms with E-state index in [1.165, 1.54) is 30.5 Å². The molecule has 34 heavy (non-hydrogen) atoms. The number of phenolic OH excluding ortho intramolecular Hbond substituents is 1. The number of nitrogens with one attached hydrogen (secondary N) is 4. The third-order valence-electron chi connectivity index (χ3n) is 5.78. The van der Waals surface area contributed by atoms with E-state index in [-0.39, 0.29) is 28.5 Å². The van der Waals surface area contributed by atoms with E-state index in [9.17, 15) is 18.3 Å². The third kappa shape index (κ3) is 5.01. The van der Waals surface area contributed by atoms with Crippen LogP contribution in [0.4, 0.5) is 11.6 Å². The Bertz CT molecular complexity index is 1330. The molecule has 5 N–H and O–H groups in total. The van der Waals surface area contributed by atoms with Gasteiger partial charge in [-0.25, -0.2) is 34.0 Å². The van der Waals surface area contributed by atoms with Crippen LogP contribution in [0.5, 0.6) is 5.75 Å². The Morgan fingerprint density at radius 3 is 2.50 bits per heavy atom. The fourth-order valence-electron chi connectivity index (χ4n) is 3.66. The standard InChI is InChI=1S/C23H26N6O4S/c1-13-4-9-18(21(30)15(13)3)19-12-20(28-27-19)22(31)26-16-5-7-17(8-6-16)34(32,33)29-23-24-11-10-14(2)25-23/h4-11,19-20,27-28,30H,12H2,1-3H3,(H,26,31)(H,24,25,29). The Morgan fingerprint density at radius 2 is 1.79 bits per heavy atom. The highest BCUT2D eigenvalue weighted by molar-refractivity contribution is 7.92. The number of anilines is 2. The minimum absolute atomic E-state index is 0.0125. The number of aryl methyl sites for hydroxylation is 2. The number of carbonyl (C=O) groups is 1. The Balaban J connectivity index is 1.39. The number of hydrogen-bond donors (Lipinski definition) is 5. The van der Waals surface area contributed by atoms with Crippen LogP contribution in [0.15, 0.2) is 53.6 Å². The number of amides is 1. The first-order chi connectivity index (χ1) is 16.1. The highest BCUT2D eigenvalue weighted by Gasteiger charge is 2.32. The largest absolute Gasteiger partial charge is 0.507 e. The maximum Gasteiger partial charge on any atom is 0.264 e. The molecule has 3 aromatic rings. The summed E-state index contributed by atoms with van der Waals surface area (Å²) in [6.45, 7) is 5.52. The molecular formula is C23H26N6O4S. The predicted octanol–water partition coefficient (Wildman–Crippen LogP) is 2.45. The van der Waals surface area contributed by atoms with E-state index < -0.39 is 16.1 Å². The van der Waals surface area contributed by atoms with Crippen molar-refractivity contribution in [1.29, 1.82) is 0 Å². The molecule has 178 valence electrons. The van der Waals surface area contributed by atoms with Crippen molar-refractivity contribution < 1.29 is 18.3 Å². The topological polar surface area (TPSA) is 145 Å². The van der Waals surface area contributed by atoms with Gasteiger partial charge in [0, 0.05) is 23.1 Å². The highest BCUT2D eigenvalue weighted by atomic mass is 32.2. The smallest absolute Gasteiger partial charge is 0.264 e. The first-order valence-electron chi connectivity index (χ1n) is 10.7. The number of benzene rings is 2. The number of rotatable bonds is 6. The molecule has 4 rings (SSSR count). The van der Waals surface area contributed by atoms with Crippen molar-refractivity contribution in [3.63, 3.8) is 0 Å². The van der Waals surface area contributed by atoms with E-state index >= 15 is 0 Å². The van der Waals surface area contributed by atoms with Gasteiger partial charge < -0.3 is 10.4 Å². The van der Waals surface area contributed by atoms with Crippen LogP contribution in [0.1, 0.15) is 34.8 Å². The van der Waals surface area contributed by atoms with Crippen LogP contribution in [0, 0.1) is 20.8 Å². The molecule has 10 nitrogen and oxygen atoms in total. The fourth-order valence-corrected chi connectivity index (χ4v) is 4.61. The van der Waals surface area contributed by atoms with Gasteiger partial charge in [-0.1, -0.05) is 12.1 Å². The fraction of sp³-hybridized carbons (Fsp3) is 0.261. The number of phenols is 1. The first kappa shape index (κ1) is 23.6. The highest BCUT2D eigenvalue weighted by Crippen LogP contribution is 2.33. The molecule has 2 unspecified atom stereocenters. The molecule has 2 aromatic carbocycles. The summed E-state index contributed by atoms with van der Waals surface area (Å²) in [6.07, 6.45) is 1.91. The SMILES string of the molecule is Cc1ccnc(NS(=O)(=O)c2ccc(NC(=O)C3CC(c4ccc(C)c(C)c4O)NN3)cc2)n1. The zero-order valence-electron chi connectivity index (χ0n) is 19.0. The maximum atomic E-state index is 12.7. The second-order valence-electron chi connectivity index (χ2n) is 8.22. The maximum absolute atomic E-state index is 12.7. The summed E-state index contributed by atoms with van der Waals surface area (Å²) in [5, 5.41) is 13.2. The van der Waals surface area contributed by atoms with Crippen LogP contribution in [0.3, 0.4) is 0 Å². The summed E-state index contributed by atoms with van der Waals surface area (Å²) in [4.78, 5) is 20.7. The zero-order valence-corrected chi connectivity index (χ0v) is 19.8. The van der Waals surface area contributed by atoms with Gasteiger partial charge in [0.25, 0.3) is 10.0 Å². The van der Waals surface area contributed by atoms with Gasteiger partial charge in [0.15, 0.2) is 0 Å². The average Bonchev–Trinajstić information content (AvgIpc) is 3.28. The lowest BCUT2D eigenvalue weighted by atomic mass is 9.96. The molecule has 0 bridgehead atoms. The van der Waals surface area contributed by atoms with Crippen molar-refractivity contribution in [2.24, 2.45) is 0 Å². The summed E-state index contributed by atoms with van der Waals surface area (Å²) in [6, 6.07) is 10.5. The quantitative estimate of drug-likeness (QED) is 0.360. The Kier molecular flexibility index (Phi) is 6.51. The number of hydrogen-bond acceptors (Lipinski definition) is 8. The molecule has 0 spiro atoms. The molecular weight excluding hydrogens is 456 g/mol. The molecule has 2 atom stereocenters. The molecule has 1 saturated heterocycles. The Labute approximate surface area is 197 Å². The van der Waals surface area contributed by atoms with Crippen molar-refractivity contribution in [2.75, 3.05) is 10.0 Å². The van der Waals surface area contributed by atoms with Gasteiger partial charge in [-0.2, -0.15) is 0 Å². The van der Waals surface area contributed by atoms with Crippen LogP contribution >= 0.6 is 0 Å². The molecule has 1 aliphatic heterocycles. The van der Waals surface area contributed by atoms with Crippen molar-refractivity contribution in [3.8, 4) is 5.75 Å². The minimum atomic E-state index is -3.87. The van der Waals surface area contributed by atoms with Crippen molar-refractivity contribution >= 4 is 27.6 Å². The molecule has 1 aliphatic rings. The van der Waals surface area contributed by atoms with Crippen LogP contribution < -0.4 is 20.9 Å². The van der Waals surface area contributed by atoms with E-state index in [1.807, 2.05) is 26.0 Å². The minimum Gasteiger partial charge on any atom is -0.507 e. The Hall–Kier alpha value is -3.54. The van der Waals surface area contributed by atoms with E-state index in [1.54, 1.807) is 13.0 Å². The molecule has 1 amide bonds. The van der Waals surface area contributed by atoms with Crippen LogP contribution in [0.2, 0.25) is 0 Å². The lowest BCUT2D eigenvalue weighted by molar-refractivity contribution is -0.117. The number of hydrazine groups is 1. The second-order valence-corrected chi connectivity index (χ2v) is 9.90. The number of nitrogens with zero attached hydrogens (tertiary/aromatic N) is 2. The van der Waals surface area contributed by atoms with Crippen molar-refractivity contribution in [1.82, 2.24) is 20.8 Å². The Morgan fingerprint density at radius 1 is 1.06 bits per heavy atom. The third-order valence-corrected chi connectivity index (χ3v) is 7.12. The summed E-state index contributed by atoms with van der Waals surface area (Å²) < 4.78 is 27.5. The zero-order chi connectivity index (χ0) is 24.5. The monoisotopic (exact) mass is 482 g/mol. The van der Waals surface area contributed by atoms with Crippen LogP contribution in [-0.4, -0.2) is 35.4 Å². The predicted molar refractivity (Wildman–Crippen MR) is 128 cm³/mol. The number of sulfonamides is 1. The van der Waals surface area contributed by atoms with Crippen molar-refractivity contribution in [2.45, 2.75) is 44.2 Å².